The van der Waals surface area contributed by atoms with Gasteiger partial charge in [0.2, 0.25) is 17.6 Å². The van der Waals surface area contributed by atoms with Gasteiger partial charge in [-0.25, -0.2) is 0 Å². The second kappa shape index (κ2) is 6.91. The Morgan fingerprint density at radius 3 is 2.92 bits per heavy atom. The normalized spacial score (nSPS) is 22.5. The highest BCUT2D eigenvalue weighted by Gasteiger charge is 2.42. The lowest BCUT2D eigenvalue weighted by atomic mass is 10.1. The van der Waals surface area contributed by atoms with Gasteiger partial charge in [0.25, 0.3) is 0 Å². The van der Waals surface area contributed by atoms with Crippen LogP contribution in [0.3, 0.4) is 0 Å². The lowest BCUT2D eigenvalue weighted by Crippen LogP contribution is -2.37. The summed E-state index contributed by atoms with van der Waals surface area (Å²) in [6.07, 6.45) is 2.26. The van der Waals surface area contributed by atoms with Crippen LogP contribution >= 0.6 is 12.4 Å². The Labute approximate surface area is 147 Å². The molecule has 1 aromatic heterocycles. The van der Waals surface area contributed by atoms with Crippen LogP contribution in [-0.4, -0.2) is 46.1 Å². The summed E-state index contributed by atoms with van der Waals surface area (Å²) in [6.45, 7) is 3.69. The molecule has 2 aliphatic rings. The quantitative estimate of drug-likeness (QED) is 0.914. The van der Waals surface area contributed by atoms with Crippen LogP contribution in [0.5, 0.6) is 0 Å². The molecule has 2 aliphatic heterocycles. The molecule has 0 bridgehead atoms. The summed E-state index contributed by atoms with van der Waals surface area (Å²) in [4.78, 5) is 18.5. The molecule has 0 saturated carbocycles. The topological polar surface area (TPSA) is 71.3 Å². The molecule has 7 heteroatoms. The van der Waals surface area contributed by atoms with Crippen molar-refractivity contribution in [3.63, 3.8) is 0 Å². The van der Waals surface area contributed by atoms with E-state index in [2.05, 4.69) is 15.5 Å². The average Bonchev–Trinajstić information content (AvgIpc) is 3.23. The first-order valence-electron chi connectivity index (χ1n) is 8.13. The molecule has 2 saturated heterocycles. The van der Waals surface area contributed by atoms with E-state index >= 15 is 0 Å². The van der Waals surface area contributed by atoms with E-state index in [1.54, 1.807) is 0 Å². The number of halogens is 1. The maximum Gasteiger partial charge on any atom is 0.228 e. The predicted octanol–water partition coefficient (Wildman–Crippen LogP) is 1.97. The summed E-state index contributed by atoms with van der Waals surface area (Å²) in [6, 6.07) is 8.70. The van der Waals surface area contributed by atoms with Crippen molar-refractivity contribution in [2.24, 2.45) is 0 Å². The van der Waals surface area contributed by atoms with Crippen molar-refractivity contribution in [3.05, 3.63) is 35.7 Å². The van der Waals surface area contributed by atoms with Crippen molar-refractivity contribution in [1.29, 1.82) is 0 Å². The first-order valence-corrected chi connectivity index (χ1v) is 8.13. The zero-order valence-electron chi connectivity index (χ0n) is 13.6. The summed E-state index contributed by atoms with van der Waals surface area (Å²) in [5.74, 6) is 1.42. The Kier molecular flexibility index (Phi) is 4.87. The predicted molar refractivity (Wildman–Crippen MR) is 91.9 cm³/mol. The van der Waals surface area contributed by atoms with Crippen molar-refractivity contribution < 1.29 is 9.32 Å². The van der Waals surface area contributed by atoms with Gasteiger partial charge in [-0.05, 0) is 19.9 Å². The van der Waals surface area contributed by atoms with E-state index < -0.39 is 0 Å². The fourth-order valence-corrected chi connectivity index (χ4v) is 3.51. The lowest BCUT2D eigenvalue weighted by molar-refractivity contribution is -0.129. The number of hydrogen-bond acceptors (Lipinski definition) is 5. The van der Waals surface area contributed by atoms with Gasteiger partial charge in [0.1, 0.15) is 0 Å². The molecule has 1 N–H and O–H groups in total. The molecule has 6 nitrogen and oxygen atoms in total. The number of amides is 1. The third kappa shape index (κ3) is 3.16. The van der Waals surface area contributed by atoms with Gasteiger partial charge >= 0.3 is 0 Å². The van der Waals surface area contributed by atoms with Crippen molar-refractivity contribution in [1.82, 2.24) is 20.4 Å². The Morgan fingerprint density at radius 2 is 2.12 bits per heavy atom. The van der Waals surface area contributed by atoms with E-state index in [0.717, 1.165) is 18.5 Å². The zero-order valence-corrected chi connectivity index (χ0v) is 14.4. The minimum absolute atomic E-state index is 0. The molecular weight excluding hydrogens is 328 g/mol. The second-order valence-electron chi connectivity index (χ2n) is 6.34. The van der Waals surface area contributed by atoms with Crippen LogP contribution in [0.25, 0.3) is 11.4 Å². The fraction of sp³-hybridized carbons (Fsp3) is 0.471. The van der Waals surface area contributed by atoms with E-state index in [9.17, 15) is 4.79 Å². The summed E-state index contributed by atoms with van der Waals surface area (Å²) in [5, 5.41) is 7.44. The number of nitrogens with one attached hydrogen (secondary N) is 1. The minimum atomic E-state index is 0. The van der Waals surface area contributed by atoms with Crippen molar-refractivity contribution in [2.75, 3.05) is 13.1 Å². The van der Waals surface area contributed by atoms with Crippen LogP contribution in [0.1, 0.15) is 24.3 Å². The third-order valence-corrected chi connectivity index (χ3v) is 4.77. The van der Waals surface area contributed by atoms with Crippen molar-refractivity contribution in [2.45, 2.75) is 38.3 Å². The molecule has 2 aromatic rings. The summed E-state index contributed by atoms with van der Waals surface area (Å²) < 4.78 is 5.34. The molecule has 3 heterocycles. The zero-order chi connectivity index (χ0) is 15.8. The molecule has 0 spiro atoms. The molecule has 128 valence electrons. The first-order chi connectivity index (χ1) is 11.2. The van der Waals surface area contributed by atoms with Gasteiger partial charge in [0, 0.05) is 37.0 Å². The number of hydrogen-bond donors (Lipinski definition) is 1. The molecule has 1 amide bonds. The highest BCUT2D eigenvalue weighted by atomic mass is 35.5. The van der Waals surface area contributed by atoms with Crippen LogP contribution in [0.2, 0.25) is 0 Å². The number of fused-ring (bicyclic) bond motifs is 1. The SMILES string of the molecule is Cc1ccc(-c2noc(CCN3C(=O)C[C@H]4NCC[C@H]43)n2)cc1.Cl. The maximum atomic E-state index is 12.1. The highest BCUT2D eigenvalue weighted by Crippen LogP contribution is 2.26. The first kappa shape index (κ1) is 16.9. The number of aryl methyl sites for hydroxylation is 1. The smallest absolute Gasteiger partial charge is 0.228 e. The van der Waals surface area contributed by atoms with Crippen LogP contribution in [0.4, 0.5) is 0 Å². The second-order valence-corrected chi connectivity index (χ2v) is 6.34. The Hall–Kier alpha value is -1.92. The molecule has 4 rings (SSSR count). The van der Waals surface area contributed by atoms with Gasteiger partial charge < -0.3 is 14.7 Å². The largest absolute Gasteiger partial charge is 0.339 e. The van der Waals surface area contributed by atoms with Crippen LogP contribution < -0.4 is 5.32 Å². The summed E-state index contributed by atoms with van der Waals surface area (Å²) >= 11 is 0. The number of carbonyl (C=O) groups excluding carboxylic acids is 1. The van der Waals surface area contributed by atoms with E-state index in [0.29, 0.717) is 43.2 Å². The highest BCUT2D eigenvalue weighted by molar-refractivity contribution is 5.85. The molecular formula is C17H21ClN4O2. The fourth-order valence-electron chi connectivity index (χ4n) is 3.51. The number of benzene rings is 1. The molecule has 0 radical (unpaired) electrons. The third-order valence-electron chi connectivity index (χ3n) is 4.77. The van der Waals surface area contributed by atoms with Crippen LogP contribution in [0, 0.1) is 6.92 Å². The molecule has 0 unspecified atom stereocenters. The van der Waals surface area contributed by atoms with Crippen LogP contribution in [-0.2, 0) is 11.2 Å². The molecule has 2 fully saturated rings. The van der Waals surface area contributed by atoms with Gasteiger partial charge in [-0.15, -0.1) is 12.4 Å². The standard InChI is InChI=1S/C17H20N4O2.ClH/c1-11-2-4-12(5-3-11)17-19-15(23-20-17)7-9-21-14-6-8-18-13(14)10-16(21)22;/h2-5,13-14,18H,6-10H2,1H3;1H/t13-,14-;/m1./s1. The van der Waals surface area contributed by atoms with Crippen LogP contribution in [0.15, 0.2) is 28.8 Å². The Morgan fingerprint density at radius 1 is 1.33 bits per heavy atom. The van der Waals surface area contributed by atoms with Crippen molar-refractivity contribution >= 4 is 18.3 Å². The van der Waals surface area contributed by atoms with E-state index in [1.807, 2.05) is 36.1 Å². The minimum Gasteiger partial charge on any atom is -0.339 e. The van der Waals surface area contributed by atoms with Gasteiger partial charge in [-0.2, -0.15) is 4.98 Å². The van der Waals surface area contributed by atoms with Crippen molar-refractivity contribution in [3.8, 4) is 11.4 Å². The van der Waals surface area contributed by atoms with Gasteiger partial charge in [-0.3, -0.25) is 4.79 Å². The maximum absolute atomic E-state index is 12.1. The Balaban J connectivity index is 0.00000169. The Bertz CT molecular complexity index is 716. The molecule has 0 aliphatic carbocycles. The van der Waals surface area contributed by atoms with Gasteiger partial charge in [0.15, 0.2) is 0 Å². The molecule has 24 heavy (non-hydrogen) atoms. The monoisotopic (exact) mass is 348 g/mol. The van der Waals surface area contributed by atoms with E-state index in [1.165, 1.54) is 5.56 Å². The number of likely N-dealkylation sites (tertiary alicyclic amines) is 1. The van der Waals surface area contributed by atoms with E-state index in [-0.39, 0.29) is 18.3 Å². The number of carbonyl (C=O) groups is 1. The average molecular weight is 349 g/mol. The molecule has 1 aromatic carbocycles. The molecule has 2 atom stereocenters. The number of aromatic nitrogens is 2. The summed E-state index contributed by atoms with van der Waals surface area (Å²) in [5.41, 5.74) is 2.15. The van der Waals surface area contributed by atoms with E-state index in [4.69, 9.17) is 4.52 Å². The van der Waals surface area contributed by atoms with Gasteiger partial charge in [-0.1, -0.05) is 35.0 Å². The lowest BCUT2D eigenvalue weighted by Gasteiger charge is -2.22. The number of rotatable bonds is 4. The number of nitrogens with zero attached hydrogens (tertiary/aromatic N) is 3. The van der Waals surface area contributed by atoms with Gasteiger partial charge in [0.05, 0.1) is 0 Å². The summed E-state index contributed by atoms with van der Waals surface area (Å²) in [7, 11) is 0.